The Morgan fingerprint density at radius 2 is 1.71 bits per heavy atom. The van der Waals surface area contributed by atoms with Crippen LogP contribution in [0.1, 0.15) is 57.0 Å². The Labute approximate surface area is 212 Å². The van der Waals surface area contributed by atoms with Gasteiger partial charge in [0.2, 0.25) is 0 Å². The van der Waals surface area contributed by atoms with E-state index in [4.69, 9.17) is 17.2 Å². The summed E-state index contributed by atoms with van der Waals surface area (Å²) >= 11 is 5.89. The fraction of sp³-hybridized carbons (Fsp3) is 0.276. The van der Waals surface area contributed by atoms with Crippen molar-refractivity contribution in [3.63, 3.8) is 0 Å². The number of thiocarbonyl (C=S) groups is 1. The van der Waals surface area contributed by atoms with Crippen LogP contribution in [0.2, 0.25) is 0 Å². The highest BCUT2D eigenvalue weighted by Gasteiger charge is 2.41. The summed E-state index contributed by atoms with van der Waals surface area (Å²) in [7, 11) is 0. The van der Waals surface area contributed by atoms with E-state index in [1.54, 1.807) is 6.20 Å². The molecule has 1 aliphatic rings. The maximum Gasteiger partial charge on any atom is 0.170 e. The summed E-state index contributed by atoms with van der Waals surface area (Å²) in [6, 6.07) is 16.9. The van der Waals surface area contributed by atoms with E-state index >= 15 is 0 Å². The van der Waals surface area contributed by atoms with Crippen LogP contribution in [0.15, 0.2) is 67.1 Å². The molecule has 0 unspecified atom stereocenters. The van der Waals surface area contributed by atoms with Crippen molar-refractivity contribution in [2.75, 3.05) is 0 Å². The quantitative estimate of drug-likeness (QED) is 0.355. The molecule has 3 aromatic heterocycles. The highest BCUT2D eigenvalue weighted by molar-refractivity contribution is 7.80. The maximum absolute atomic E-state index is 5.89. The Hall–Kier alpha value is -3.51. The molecule has 5 rings (SSSR count). The number of benzene rings is 1. The van der Waals surface area contributed by atoms with Gasteiger partial charge in [0.1, 0.15) is 0 Å². The van der Waals surface area contributed by atoms with Crippen molar-refractivity contribution in [1.82, 2.24) is 24.8 Å². The van der Waals surface area contributed by atoms with Gasteiger partial charge in [-0.1, -0.05) is 29.8 Å². The molecule has 5 nitrogen and oxygen atoms in total. The van der Waals surface area contributed by atoms with E-state index in [-0.39, 0.29) is 12.1 Å². The summed E-state index contributed by atoms with van der Waals surface area (Å²) in [6.07, 6.45) is 5.57. The molecule has 35 heavy (non-hydrogen) atoms. The summed E-state index contributed by atoms with van der Waals surface area (Å²) in [5.74, 6) is 0. The van der Waals surface area contributed by atoms with Crippen molar-refractivity contribution in [3.8, 4) is 5.69 Å². The molecular weight excluding hydrogens is 450 g/mol. The van der Waals surface area contributed by atoms with Gasteiger partial charge in [0.05, 0.1) is 23.5 Å². The molecule has 4 aromatic rings. The Kier molecular flexibility index (Phi) is 6.15. The predicted octanol–water partition coefficient (Wildman–Crippen LogP) is 5.98. The SMILES string of the molecule is Cc1cc(C)c(-n2c(C)cc([C@H]3[C@H](c4ccccn4)NC(=S)N3Cc3cccnc3)c2C)c(C)c1. The molecule has 178 valence electrons. The second-order valence-electron chi connectivity index (χ2n) is 9.52. The first-order valence-electron chi connectivity index (χ1n) is 12.0. The number of pyridine rings is 2. The van der Waals surface area contributed by atoms with E-state index in [1.165, 1.54) is 39.3 Å². The third kappa shape index (κ3) is 4.23. The van der Waals surface area contributed by atoms with Crippen molar-refractivity contribution >= 4 is 17.3 Å². The van der Waals surface area contributed by atoms with E-state index < -0.39 is 0 Å². The summed E-state index contributed by atoms with van der Waals surface area (Å²) < 4.78 is 2.40. The van der Waals surface area contributed by atoms with E-state index in [9.17, 15) is 0 Å². The first-order valence-corrected chi connectivity index (χ1v) is 12.4. The van der Waals surface area contributed by atoms with Crippen LogP contribution in [0.5, 0.6) is 0 Å². The Bertz CT molecular complexity index is 1350. The number of aryl methyl sites for hydroxylation is 4. The standard InChI is InChI=1S/C29H31N5S/c1-18-13-19(2)27(20(3)14-18)34-21(4)15-24(22(34)5)28-26(25-10-6-7-12-31-25)32-29(35)33(28)17-23-9-8-11-30-16-23/h6-16,26,28H,17H2,1-5H3,(H,32,35)/t26-,28-/m0/s1. The number of nitrogens with zero attached hydrogens (tertiary/aromatic N) is 4. The Morgan fingerprint density at radius 1 is 0.943 bits per heavy atom. The summed E-state index contributed by atoms with van der Waals surface area (Å²) in [4.78, 5) is 11.3. The first-order chi connectivity index (χ1) is 16.8. The lowest BCUT2D eigenvalue weighted by atomic mass is 9.96. The lowest BCUT2D eigenvalue weighted by Gasteiger charge is -2.28. The molecule has 0 amide bonds. The average Bonchev–Trinajstić information content (AvgIpc) is 3.30. The molecule has 0 radical (unpaired) electrons. The van der Waals surface area contributed by atoms with Gasteiger partial charge in [0, 0.05) is 36.5 Å². The second kappa shape index (κ2) is 9.27. The molecule has 0 bridgehead atoms. The van der Waals surface area contributed by atoms with Crippen molar-refractivity contribution in [3.05, 3.63) is 112 Å². The highest BCUT2D eigenvalue weighted by atomic mass is 32.1. The molecule has 1 N–H and O–H groups in total. The van der Waals surface area contributed by atoms with Gasteiger partial charge in [-0.15, -0.1) is 0 Å². The van der Waals surface area contributed by atoms with Crippen LogP contribution in [-0.2, 0) is 6.54 Å². The number of aromatic nitrogens is 3. The number of hydrogen-bond donors (Lipinski definition) is 1. The summed E-state index contributed by atoms with van der Waals surface area (Å²) in [6.45, 7) is 11.7. The van der Waals surface area contributed by atoms with Crippen LogP contribution in [0, 0.1) is 34.6 Å². The Balaban J connectivity index is 1.65. The van der Waals surface area contributed by atoms with Crippen molar-refractivity contribution in [2.45, 2.75) is 53.2 Å². The van der Waals surface area contributed by atoms with E-state index in [2.05, 4.69) is 84.7 Å². The molecule has 6 heteroatoms. The molecule has 1 fully saturated rings. The number of nitrogens with one attached hydrogen (secondary N) is 1. The molecule has 0 aliphatic carbocycles. The van der Waals surface area contributed by atoms with Gasteiger partial charge in [0.25, 0.3) is 0 Å². The van der Waals surface area contributed by atoms with Gasteiger partial charge in [-0.2, -0.15) is 0 Å². The normalized spacial score (nSPS) is 17.6. The predicted molar refractivity (Wildman–Crippen MR) is 145 cm³/mol. The lowest BCUT2D eigenvalue weighted by molar-refractivity contribution is 0.310. The van der Waals surface area contributed by atoms with Crippen LogP contribution < -0.4 is 5.32 Å². The first kappa shape index (κ1) is 23.2. The minimum absolute atomic E-state index is 0.00335. The number of hydrogen-bond acceptors (Lipinski definition) is 3. The number of rotatable bonds is 5. The van der Waals surface area contributed by atoms with Gasteiger partial charge < -0.3 is 14.8 Å². The molecule has 4 heterocycles. The topological polar surface area (TPSA) is 46.0 Å². The zero-order valence-corrected chi connectivity index (χ0v) is 21.7. The minimum Gasteiger partial charge on any atom is -0.352 e. The van der Waals surface area contributed by atoms with Gasteiger partial charge >= 0.3 is 0 Å². The minimum atomic E-state index is -0.0467. The second-order valence-corrected chi connectivity index (χ2v) is 9.91. The van der Waals surface area contributed by atoms with E-state index in [0.29, 0.717) is 6.54 Å². The van der Waals surface area contributed by atoms with Gasteiger partial charge in [0.15, 0.2) is 5.11 Å². The summed E-state index contributed by atoms with van der Waals surface area (Å²) in [5, 5.41) is 4.32. The van der Waals surface area contributed by atoms with Crippen LogP contribution in [0.3, 0.4) is 0 Å². The molecule has 1 saturated heterocycles. The van der Waals surface area contributed by atoms with Gasteiger partial charge in [-0.25, -0.2) is 0 Å². The largest absolute Gasteiger partial charge is 0.352 e. The van der Waals surface area contributed by atoms with E-state index in [0.717, 1.165) is 16.4 Å². The molecule has 0 spiro atoms. The fourth-order valence-electron chi connectivity index (χ4n) is 5.56. The highest BCUT2D eigenvalue weighted by Crippen LogP contribution is 2.42. The van der Waals surface area contributed by atoms with Crippen LogP contribution >= 0.6 is 12.2 Å². The maximum atomic E-state index is 5.89. The van der Waals surface area contributed by atoms with Crippen molar-refractivity contribution in [1.29, 1.82) is 0 Å². The zero-order valence-electron chi connectivity index (χ0n) is 20.9. The average molecular weight is 482 g/mol. The van der Waals surface area contributed by atoms with Crippen LogP contribution in [0.25, 0.3) is 5.69 Å². The van der Waals surface area contributed by atoms with E-state index in [1.807, 2.05) is 30.6 Å². The van der Waals surface area contributed by atoms with Gasteiger partial charge in [-0.05, 0) is 93.4 Å². The molecule has 0 saturated carbocycles. The molecule has 2 atom stereocenters. The smallest absolute Gasteiger partial charge is 0.170 e. The van der Waals surface area contributed by atoms with Crippen molar-refractivity contribution < 1.29 is 0 Å². The van der Waals surface area contributed by atoms with Crippen molar-refractivity contribution in [2.24, 2.45) is 0 Å². The summed E-state index contributed by atoms with van der Waals surface area (Å²) in [5.41, 5.74) is 10.9. The monoisotopic (exact) mass is 481 g/mol. The lowest BCUT2D eigenvalue weighted by Crippen LogP contribution is -2.29. The Morgan fingerprint density at radius 3 is 2.37 bits per heavy atom. The molecule has 1 aromatic carbocycles. The molecule has 1 aliphatic heterocycles. The van der Waals surface area contributed by atoms with Gasteiger partial charge in [-0.3, -0.25) is 9.97 Å². The third-order valence-electron chi connectivity index (χ3n) is 6.92. The third-order valence-corrected chi connectivity index (χ3v) is 7.27. The van der Waals surface area contributed by atoms with Crippen LogP contribution in [-0.4, -0.2) is 24.5 Å². The fourth-order valence-corrected chi connectivity index (χ4v) is 5.86. The van der Waals surface area contributed by atoms with Crippen LogP contribution in [0.4, 0.5) is 0 Å². The molecular formula is C29H31N5S. The zero-order chi connectivity index (χ0) is 24.7.